The lowest BCUT2D eigenvalue weighted by atomic mass is 10.0. The molecular formula is C9H17N3O3. The number of hydrazine groups is 1. The van der Waals surface area contributed by atoms with E-state index in [1.165, 1.54) is 0 Å². The molecule has 0 spiro atoms. The van der Waals surface area contributed by atoms with E-state index in [-0.39, 0.29) is 12.1 Å². The molecule has 15 heavy (non-hydrogen) atoms. The van der Waals surface area contributed by atoms with Crippen LogP contribution in [-0.2, 0) is 4.79 Å². The number of carbonyl (C=O) groups excluding carboxylic acids is 1. The van der Waals surface area contributed by atoms with E-state index in [0.717, 1.165) is 0 Å². The number of aliphatic carboxylic acids is 1. The minimum Gasteiger partial charge on any atom is -0.481 e. The highest BCUT2D eigenvalue weighted by molar-refractivity contribution is 5.77. The lowest BCUT2D eigenvalue weighted by molar-refractivity contribution is -0.142. The molecule has 0 saturated carbocycles. The van der Waals surface area contributed by atoms with E-state index in [9.17, 15) is 9.59 Å². The van der Waals surface area contributed by atoms with E-state index >= 15 is 0 Å². The zero-order valence-corrected chi connectivity index (χ0v) is 9.23. The number of carboxylic acids is 1. The second-order valence-corrected chi connectivity index (χ2v) is 3.98. The summed E-state index contributed by atoms with van der Waals surface area (Å²) in [5.74, 6) is -1.28. The van der Waals surface area contributed by atoms with Gasteiger partial charge in [-0.05, 0) is 13.3 Å². The molecule has 0 radical (unpaired) electrons. The van der Waals surface area contributed by atoms with Crippen molar-refractivity contribution in [2.45, 2.75) is 19.4 Å². The van der Waals surface area contributed by atoms with E-state index in [0.29, 0.717) is 13.0 Å². The summed E-state index contributed by atoms with van der Waals surface area (Å²) in [5, 5.41) is 10.4. The monoisotopic (exact) mass is 215 g/mol. The molecule has 0 aromatic heterocycles. The van der Waals surface area contributed by atoms with E-state index in [4.69, 9.17) is 5.11 Å². The topological polar surface area (TPSA) is 72.9 Å². The number of carbonyl (C=O) groups is 2. The Morgan fingerprint density at radius 1 is 1.47 bits per heavy atom. The van der Waals surface area contributed by atoms with Crippen molar-refractivity contribution < 1.29 is 14.7 Å². The smallest absolute Gasteiger partial charge is 0.332 e. The molecule has 6 heteroatoms. The molecule has 2 atom stereocenters. The zero-order valence-electron chi connectivity index (χ0n) is 9.23. The molecule has 1 heterocycles. The van der Waals surface area contributed by atoms with Gasteiger partial charge in [-0.2, -0.15) is 0 Å². The second-order valence-electron chi connectivity index (χ2n) is 3.98. The molecule has 86 valence electrons. The SMILES string of the molecule is CC1C(C(=O)O)CCN1C(=O)NN(C)C. The second kappa shape index (κ2) is 4.48. The lowest BCUT2D eigenvalue weighted by Gasteiger charge is -2.25. The first-order valence-corrected chi connectivity index (χ1v) is 4.91. The van der Waals surface area contributed by atoms with Gasteiger partial charge in [0, 0.05) is 26.7 Å². The Morgan fingerprint density at radius 3 is 2.47 bits per heavy atom. The number of hydrogen-bond donors (Lipinski definition) is 2. The zero-order chi connectivity index (χ0) is 11.6. The van der Waals surface area contributed by atoms with Crippen LogP contribution >= 0.6 is 0 Å². The van der Waals surface area contributed by atoms with Gasteiger partial charge >= 0.3 is 12.0 Å². The van der Waals surface area contributed by atoms with Gasteiger partial charge in [0.05, 0.1) is 5.92 Å². The van der Waals surface area contributed by atoms with Crippen LogP contribution in [0.4, 0.5) is 4.79 Å². The largest absolute Gasteiger partial charge is 0.481 e. The van der Waals surface area contributed by atoms with Crippen molar-refractivity contribution in [3.63, 3.8) is 0 Å². The summed E-state index contributed by atoms with van der Waals surface area (Å²) < 4.78 is 0. The number of hydrogen-bond acceptors (Lipinski definition) is 3. The maximum atomic E-state index is 11.6. The number of carboxylic acid groups (broad SMARTS) is 1. The molecule has 2 unspecified atom stereocenters. The van der Waals surface area contributed by atoms with Gasteiger partial charge in [-0.25, -0.2) is 9.80 Å². The quantitative estimate of drug-likeness (QED) is 0.634. The molecular weight excluding hydrogens is 198 g/mol. The van der Waals surface area contributed by atoms with Crippen LogP contribution in [0.1, 0.15) is 13.3 Å². The fraction of sp³-hybridized carbons (Fsp3) is 0.778. The molecule has 1 aliphatic heterocycles. The Hall–Kier alpha value is -1.30. The molecule has 6 nitrogen and oxygen atoms in total. The van der Waals surface area contributed by atoms with Crippen molar-refractivity contribution in [3.8, 4) is 0 Å². The fourth-order valence-corrected chi connectivity index (χ4v) is 1.81. The maximum absolute atomic E-state index is 11.6. The molecule has 2 N–H and O–H groups in total. The number of nitrogens with one attached hydrogen (secondary N) is 1. The Morgan fingerprint density at radius 2 is 2.07 bits per heavy atom. The van der Waals surface area contributed by atoms with Gasteiger partial charge in [0.1, 0.15) is 0 Å². The van der Waals surface area contributed by atoms with Gasteiger partial charge in [-0.15, -0.1) is 0 Å². The Labute approximate surface area is 88.8 Å². The molecule has 1 aliphatic rings. The molecule has 1 saturated heterocycles. The van der Waals surface area contributed by atoms with Gasteiger partial charge in [0.2, 0.25) is 0 Å². The van der Waals surface area contributed by atoms with Gasteiger partial charge in [-0.3, -0.25) is 10.2 Å². The third kappa shape index (κ3) is 2.59. The van der Waals surface area contributed by atoms with Gasteiger partial charge in [-0.1, -0.05) is 0 Å². The number of likely N-dealkylation sites (tertiary alicyclic amines) is 1. The highest BCUT2D eigenvalue weighted by atomic mass is 16.4. The first-order valence-electron chi connectivity index (χ1n) is 4.91. The van der Waals surface area contributed by atoms with Gasteiger partial charge in [0.15, 0.2) is 0 Å². The maximum Gasteiger partial charge on any atom is 0.332 e. The average molecular weight is 215 g/mol. The summed E-state index contributed by atoms with van der Waals surface area (Å²) in [6, 6.07) is -0.487. The summed E-state index contributed by atoms with van der Waals surface area (Å²) in [7, 11) is 3.43. The number of rotatable bonds is 2. The normalized spacial score (nSPS) is 25.7. The first-order chi connectivity index (χ1) is 6.93. The summed E-state index contributed by atoms with van der Waals surface area (Å²) in [4.78, 5) is 24.0. The summed E-state index contributed by atoms with van der Waals surface area (Å²) in [5.41, 5.74) is 2.60. The number of nitrogens with zero attached hydrogens (tertiary/aromatic N) is 2. The van der Waals surface area contributed by atoms with E-state index in [1.807, 2.05) is 0 Å². The van der Waals surface area contributed by atoms with Crippen LogP contribution in [0, 0.1) is 5.92 Å². The van der Waals surface area contributed by atoms with Gasteiger partial charge in [0.25, 0.3) is 0 Å². The van der Waals surface area contributed by atoms with Crippen LogP contribution in [0.3, 0.4) is 0 Å². The highest BCUT2D eigenvalue weighted by Gasteiger charge is 2.38. The first kappa shape index (κ1) is 11.8. The van der Waals surface area contributed by atoms with Crippen LogP contribution in [0.15, 0.2) is 0 Å². The summed E-state index contributed by atoms with van der Waals surface area (Å²) >= 11 is 0. The minimum atomic E-state index is -0.831. The van der Waals surface area contributed by atoms with Crippen LogP contribution in [0.25, 0.3) is 0 Å². The molecule has 0 aliphatic carbocycles. The number of urea groups is 1. The van der Waals surface area contributed by atoms with Crippen molar-refractivity contribution in [2.24, 2.45) is 5.92 Å². The van der Waals surface area contributed by atoms with Crippen LogP contribution in [0.2, 0.25) is 0 Å². The van der Waals surface area contributed by atoms with Gasteiger partial charge < -0.3 is 10.0 Å². The van der Waals surface area contributed by atoms with E-state index in [1.54, 1.807) is 30.9 Å². The van der Waals surface area contributed by atoms with Crippen molar-refractivity contribution in [2.75, 3.05) is 20.6 Å². The molecule has 0 aromatic rings. The summed E-state index contributed by atoms with van der Waals surface area (Å²) in [6.45, 7) is 2.26. The van der Waals surface area contributed by atoms with Crippen LogP contribution in [0.5, 0.6) is 0 Å². The number of amides is 2. The molecule has 0 bridgehead atoms. The van der Waals surface area contributed by atoms with E-state index in [2.05, 4.69) is 5.43 Å². The van der Waals surface area contributed by atoms with Crippen molar-refractivity contribution in [1.29, 1.82) is 0 Å². The third-order valence-corrected chi connectivity index (χ3v) is 2.65. The van der Waals surface area contributed by atoms with Crippen LogP contribution < -0.4 is 5.43 Å². The fourth-order valence-electron chi connectivity index (χ4n) is 1.81. The summed E-state index contributed by atoms with van der Waals surface area (Å²) in [6.07, 6.45) is 0.525. The van der Waals surface area contributed by atoms with Crippen LogP contribution in [-0.4, -0.2) is 53.7 Å². The predicted molar refractivity (Wildman–Crippen MR) is 54.1 cm³/mol. The molecule has 1 fully saturated rings. The predicted octanol–water partition coefficient (Wildman–Crippen LogP) is -0.0324. The van der Waals surface area contributed by atoms with E-state index < -0.39 is 11.9 Å². The highest BCUT2D eigenvalue weighted by Crippen LogP contribution is 2.24. The molecule has 1 rings (SSSR count). The molecule has 0 aromatic carbocycles. The van der Waals surface area contributed by atoms with Crippen molar-refractivity contribution >= 4 is 12.0 Å². The Bertz CT molecular complexity index is 267. The van der Waals surface area contributed by atoms with Crippen molar-refractivity contribution in [1.82, 2.24) is 15.3 Å². The lowest BCUT2D eigenvalue weighted by Crippen LogP contribution is -2.48. The Balaban J connectivity index is 2.59. The third-order valence-electron chi connectivity index (χ3n) is 2.65. The average Bonchev–Trinajstić information content (AvgIpc) is 2.45. The minimum absolute atomic E-state index is 0.240. The Kier molecular flexibility index (Phi) is 3.52. The standard InChI is InChI=1S/C9H17N3O3/c1-6-7(8(13)14)4-5-12(6)9(15)10-11(2)3/h6-7H,4-5H2,1-3H3,(H,10,15)(H,13,14). The van der Waals surface area contributed by atoms with Crippen molar-refractivity contribution in [3.05, 3.63) is 0 Å². The molecule has 2 amide bonds.